The SMILES string of the molecule is NCC(Nc1ccc(F)cn1)C1CC1. The molecule has 1 atom stereocenters. The molecule has 0 spiro atoms. The van der Waals surface area contributed by atoms with Crippen LogP contribution in [-0.4, -0.2) is 17.6 Å². The number of rotatable bonds is 4. The summed E-state index contributed by atoms with van der Waals surface area (Å²) in [7, 11) is 0. The summed E-state index contributed by atoms with van der Waals surface area (Å²) in [6, 6.07) is 3.32. The van der Waals surface area contributed by atoms with Crippen LogP contribution >= 0.6 is 0 Å². The summed E-state index contributed by atoms with van der Waals surface area (Å²) in [5.74, 6) is 1.06. The van der Waals surface area contributed by atoms with Crippen molar-refractivity contribution < 1.29 is 4.39 Å². The standard InChI is InChI=1S/C10H14FN3/c11-8-3-4-10(13-6-8)14-9(5-12)7-1-2-7/h3-4,6-7,9H,1-2,5,12H2,(H,13,14). The Kier molecular flexibility index (Phi) is 2.63. The molecule has 1 aliphatic rings. The van der Waals surface area contributed by atoms with E-state index >= 15 is 0 Å². The molecule has 76 valence electrons. The minimum atomic E-state index is -0.314. The topological polar surface area (TPSA) is 50.9 Å². The number of nitrogens with zero attached hydrogens (tertiary/aromatic N) is 1. The number of hydrogen-bond acceptors (Lipinski definition) is 3. The summed E-state index contributed by atoms with van der Waals surface area (Å²) in [4.78, 5) is 3.93. The van der Waals surface area contributed by atoms with E-state index in [4.69, 9.17) is 5.73 Å². The number of hydrogen-bond donors (Lipinski definition) is 2. The first-order valence-corrected chi connectivity index (χ1v) is 4.88. The molecule has 14 heavy (non-hydrogen) atoms. The summed E-state index contributed by atoms with van der Waals surface area (Å²) in [5.41, 5.74) is 5.63. The summed E-state index contributed by atoms with van der Waals surface area (Å²) in [5, 5.41) is 3.22. The molecule has 1 unspecified atom stereocenters. The van der Waals surface area contributed by atoms with Crippen molar-refractivity contribution in [3.8, 4) is 0 Å². The fraction of sp³-hybridized carbons (Fsp3) is 0.500. The first kappa shape index (κ1) is 9.40. The van der Waals surface area contributed by atoms with Crippen LogP contribution < -0.4 is 11.1 Å². The van der Waals surface area contributed by atoms with E-state index in [1.807, 2.05) is 0 Å². The second kappa shape index (κ2) is 3.92. The predicted molar refractivity (Wildman–Crippen MR) is 53.4 cm³/mol. The van der Waals surface area contributed by atoms with Crippen LogP contribution in [0.25, 0.3) is 0 Å². The van der Waals surface area contributed by atoms with Gasteiger partial charge in [-0.15, -0.1) is 0 Å². The molecule has 0 radical (unpaired) electrons. The van der Waals surface area contributed by atoms with Crippen molar-refractivity contribution in [1.82, 2.24) is 4.98 Å². The molecule has 0 aliphatic heterocycles. The summed E-state index contributed by atoms with van der Waals surface area (Å²) in [6.07, 6.45) is 3.68. The zero-order valence-electron chi connectivity index (χ0n) is 7.91. The Morgan fingerprint density at radius 2 is 2.36 bits per heavy atom. The molecule has 4 heteroatoms. The lowest BCUT2D eigenvalue weighted by atomic mass is 10.2. The van der Waals surface area contributed by atoms with E-state index in [0.29, 0.717) is 18.3 Å². The zero-order valence-corrected chi connectivity index (χ0v) is 7.91. The highest BCUT2D eigenvalue weighted by Crippen LogP contribution is 2.33. The van der Waals surface area contributed by atoms with Crippen LogP contribution in [0.5, 0.6) is 0 Å². The summed E-state index contributed by atoms with van der Waals surface area (Å²) >= 11 is 0. The van der Waals surface area contributed by atoms with Gasteiger partial charge >= 0.3 is 0 Å². The van der Waals surface area contributed by atoms with E-state index in [9.17, 15) is 4.39 Å². The molecular formula is C10H14FN3. The second-order valence-corrected chi connectivity index (χ2v) is 3.69. The average Bonchev–Trinajstić information content (AvgIpc) is 3.01. The number of nitrogens with two attached hydrogens (primary N) is 1. The first-order chi connectivity index (χ1) is 6.79. The van der Waals surface area contributed by atoms with Crippen molar-refractivity contribution in [1.29, 1.82) is 0 Å². The molecule has 1 aliphatic carbocycles. The minimum absolute atomic E-state index is 0.285. The third kappa shape index (κ3) is 2.20. The lowest BCUT2D eigenvalue weighted by Crippen LogP contribution is -2.31. The highest BCUT2D eigenvalue weighted by molar-refractivity contribution is 5.35. The lowest BCUT2D eigenvalue weighted by molar-refractivity contribution is 0.617. The molecule has 0 bridgehead atoms. The number of pyridine rings is 1. The minimum Gasteiger partial charge on any atom is -0.366 e. The largest absolute Gasteiger partial charge is 0.366 e. The van der Waals surface area contributed by atoms with Crippen molar-refractivity contribution in [2.75, 3.05) is 11.9 Å². The van der Waals surface area contributed by atoms with Crippen molar-refractivity contribution in [2.45, 2.75) is 18.9 Å². The van der Waals surface area contributed by atoms with E-state index in [-0.39, 0.29) is 11.9 Å². The molecule has 1 aromatic heterocycles. The van der Waals surface area contributed by atoms with Crippen LogP contribution in [0.1, 0.15) is 12.8 Å². The monoisotopic (exact) mass is 195 g/mol. The molecule has 1 heterocycles. The molecule has 3 N–H and O–H groups in total. The normalized spacial score (nSPS) is 17.9. The van der Waals surface area contributed by atoms with Crippen LogP contribution in [0.3, 0.4) is 0 Å². The fourth-order valence-corrected chi connectivity index (χ4v) is 1.52. The third-order valence-electron chi connectivity index (χ3n) is 2.51. The molecule has 1 aromatic rings. The smallest absolute Gasteiger partial charge is 0.141 e. The molecule has 3 nitrogen and oxygen atoms in total. The average molecular weight is 195 g/mol. The van der Waals surface area contributed by atoms with E-state index in [1.54, 1.807) is 6.07 Å². The van der Waals surface area contributed by atoms with Crippen LogP contribution in [0.15, 0.2) is 18.3 Å². The zero-order chi connectivity index (χ0) is 9.97. The van der Waals surface area contributed by atoms with Gasteiger partial charge in [0.2, 0.25) is 0 Å². The quantitative estimate of drug-likeness (QED) is 0.763. The molecule has 0 saturated heterocycles. The van der Waals surface area contributed by atoms with Gasteiger partial charge in [-0.1, -0.05) is 0 Å². The number of nitrogens with one attached hydrogen (secondary N) is 1. The van der Waals surface area contributed by atoms with Gasteiger partial charge in [0.25, 0.3) is 0 Å². The highest BCUT2D eigenvalue weighted by Gasteiger charge is 2.30. The summed E-state index contributed by atoms with van der Waals surface area (Å²) in [6.45, 7) is 0.601. The van der Waals surface area contributed by atoms with Gasteiger partial charge in [0.05, 0.1) is 6.20 Å². The Labute approximate surface area is 82.5 Å². The van der Waals surface area contributed by atoms with Gasteiger partial charge in [0.15, 0.2) is 0 Å². The molecule has 0 amide bonds. The Hall–Kier alpha value is -1.16. The molecule has 2 rings (SSSR count). The van der Waals surface area contributed by atoms with E-state index in [2.05, 4.69) is 10.3 Å². The van der Waals surface area contributed by atoms with Gasteiger partial charge in [-0.05, 0) is 30.9 Å². The van der Waals surface area contributed by atoms with Gasteiger partial charge in [-0.3, -0.25) is 0 Å². The fourth-order valence-electron chi connectivity index (χ4n) is 1.52. The maximum absolute atomic E-state index is 12.6. The maximum Gasteiger partial charge on any atom is 0.141 e. The summed E-state index contributed by atoms with van der Waals surface area (Å²) < 4.78 is 12.6. The molecular weight excluding hydrogens is 181 g/mol. The number of aromatic nitrogens is 1. The van der Waals surface area contributed by atoms with Crippen molar-refractivity contribution >= 4 is 5.82 Å². The maximum atomic E-state index is 12.6. The molecule has 0 aromatic carbocycles. The predicted octanol–water partition coefficient (Wildman–Crippen LogP) is 1.37. The van der Waals surface area contributed by atoms with Crippen molar-refractivity contribution in [3.05, 3.63) is 24.1 Å². The number of halogens is 1. The van der Waals surface area contributed by atoms with E-state index in [1.165, 1.54) is 25.1 Å². The van der Waals surface area contributed by atoms with Gasteiger partial charge in [0, 0.05) is 12.6 Å². The third-order valence-corrected chi connectivity index (χ3v) is 2.51. The Balaban J connectivity index is 1.98. The lowest BCUT2D eigenvalue weighted by Gasteiger charge is -2.16. The van der Waals surface area contributed by atoms with Crippen LogP contribution in [0.2, 0.25) is 0 Å². The van der Waals surface area contributed by atoms with Gasteiger partial charge < -0.3 is 11.1 Å². The van der Waals surface area contributed by atoms with Gasteiger partial charge in [0.1, 0.15) is 11.6 Å². The van der Waals surface area contributed by atoms with Crippen LogP contribution in [0.4, 0.5) is 10.2 Å². The molecule has 1 fully saturated rings. The van der Waals surface area contributed by atoms with Crippen LogP contribution in [-0.2, 0) is 0 Å². The second-order valence-electron chi connectivity index (χ2n) is 3.69. The van der Waals surface area contributed by atoms with E-state index in [0.717, 1.165) is 0 Å². The van der Waals surface area contributed by atoms with Crippen molar-refractivity contribution in [2.24, 2.45) is 11.7 Å². The van der Waals surface area contributed by atoms with Crippen LogP contribution in [0, 0.1) is 11.7 Å². The van der Waals surface area contributed by atoms with E-state index < -0.39 is 0 Å². The van der Waals surface area contributed by atoms with Gasteiger partial charge in [-0.25, -0.2) is 9.37 Å². The molecule has 1 saturated carbocycles. The van der Waals surface area contributed by atoms with Gasteiger partial charge in [-0.2, -0.15) is 0 Å². The Bertz CT molecular complexity index is 295. The highest BCUT2D eigenvalue weighted by atomic mass is 19.1. The Morgan fingerprint density at radius 1 is 1.57 bits per heavy atom. The van der Waals surface area contributed by atoms with Crippen molar-refractivity contribution in [3.63, 3.8) is 0 Å². The Morgan fingerprint density at radius 3 is 2.86 bits per heavy atom. The number of anilines is 1. The first-order valence-electron chi connectivity index (χ1n) is 4.88.